The molecule has 2 aromatic carbocycles. The molecule has 3 amide bonds. The molecule has 2 aliphatic rings. The van der Waals surface area contributed by atoms with Gasteiger partial charge in [0.2, 0.25) is 0 Å². The number of nitrogens with zero attached hydrogens (tertiary/aromatic N) is 2. The number of rotatable bonds is 9. The molecule has 2 saturated heterocycles. The molecule has 0 unspecified atom stereocenters. The number of likely N-dealkylation sites (tertiary alicyclic amines) is 1. The Morgan fingerprint density at radius 1 is 1.03 bits per heavy atom. The van der Waals surface area contributed by atoms with Gasteiger partial charge in [0, 0.05) is 13.1 Å². The number of imide groups is 1. The fraction of sp³-hybridized carbons (Fsp3) is 0.481. The molecule has 2 fully saturated rings. The van der Waals surface area contributed by atoms with Crippen molar-refractivity contribution < 1.29 is 28.6 Å². The molecule has 36 heavy (non-hydrogen) atoms. The minimum absolute atomic E-state index is 0.0655. The quantitative estimate of drug-likeness (QED) is 0.515. The number of nitrogens with one attached hydrogen (secondary N) is 1. The summed E-state index contributed by atoms with van der Waals surface area (Å²) in [7, 11) is 0. The van der Waals surface area contributed by atoms with Gasteiger partial charge >= 0.3 is 6.03 Å². The fourth-order valence-corrected chi connectivity index (χ4v) is 4.54. The van der Waals surface area contributed by atoms with E-state index in [1.165, 1.54) is 11.0 Å². The second-order valence-electron chi connectivity index (χ2n) is 10.1. The number of aliphatic hydroxyl groups is 1. The SMILES string of the molecule is CC1(C)NC(=O)N(CCOc2ccc(CN3CCC[C@](O)(COc4ccccc4F)CC3)cc2)C1=O. The molecule has 9 heteroatoms. The lowest BCUT2D eigenvalue weighted by atomic mass is 9.96. The highest BCUT2D eigenvalue weighted by atomic mass is 19.1. The maximum Gasteiger partial charge on any atom is 0.325 e. The summed E-state index contributed by atoms with van der Waals surface area (Å²) in [6.07, 6.45) is 1.96. The third kappa shape index (κ3) is 6.33. The summed E-state index contributed by atoms with van der Waals surface area (Å²) in [5.74, 6) is 0.145. The molecule has 0 saturated carbocycles. The van der Waals surface area contributed by atoms with E-state index in [1.807, 2.05) is 24.3 Å². The monoisotopic (exact) mass is 499 g/mol. The number of carbonyl (C=O) groups is 2. The van der Waals surface area contributed by atoms with Crippen molar-refractivity contribution in [3.63, 3.8) is 0 Å². The number of hydrogen-bond acceptors (Lipinski definition) is 6. The Morgan fingerprint density at radius 2 is 1.78 bits per heavy atom. The van der Waals surface area contributed by atoms with Crippen molar-refractivity contribution in [1.82, 2.24) is 15.1 Å². The third-order valence-corrected chi connectivity index (χ3v) is 6.70. The predicted molar refractivity (Wildman–Crippen MR) is 132 cm³/mol. The van der Waals surface area contributed by atoms with Gasteiger partial charge in [-0.25, -0.2) is 9.18 Å². The summed E-state index contributed by atoms with van der Waals surface area (Å²) in [6, 6.07) is 13.6. The lowest BCUT2D eigenvalue weighted by molar-refractivity contribution is -0.130. The second-order valence-corrected chi connectivity index (χ2v) is 10.1. The van der Waals surface area contributed by atoms with Gasteiger partial charge in [0.25, 0.3) is 5.91 Å². The van der Waals surface area contributed by atoms with Gasteiger partial charge in [0.15, 0.2) is 11.6 Å². The topological polar surface area (TPSA) is 91.3 Å². The molecule has 4 rings (SSSR count). The smallest absolute Gasteiger partial charge is 0.325 e. The Morgan fingerprint density at radius 3 is 2.47 bits per heavy atom. The normalized spacial score (nSPS) is 22.3. The Balaban J connectivity index is 1.22. The Labute approximate surface area is 211 Å². The maximum atomic E-state index is 13.8. The van der Waals surface area contributed by atoms with Gasteiger partial charge in [-0.15, -0.1) is 0 Å². The minimum Gasteiger partial charge on any atom is -0.492 e. The average molecular weight is 500 g/mol. The van der Waals surface area contributed by atoms with Gasteiger partial charge in [-0.3, -0.25) is 14.6 Å². The first kappa shape index (κ1) is 25.9. The zero-order valence-electron chi connectivity index (χ0n) is 20.8. The standard InChI is InChI=1S/C27H34FN3O5/c1-26(2)24(32)31(25(33)29-26)16-17-35-21-10-8-20(9-11-21)18-30-14-5-12-27(34,13-15-30)19-36-23-7-4-3-6-22(23)28/h3-4,6-11,34H,5,12-19H2,1-2H3,(H,29,33)/t27-/m1/s1. The molecule has 0 bridgehead atoms. The highest BCUT2D eigenvalue weighted by molar-refractivity contribution is 6.06. The molecule has 0 aliphatic carbocycles. The molecule has 2 aromatic rings. The number of ether oxygens (including phenoxy) is 2. The zero-order valence-corrected chi connectivity index (χ0v) is 20.8. The van der Waals surface area contributed by atoms with E-state index < -0.39 is 23.0 Å². The van der Waals surface area contributed by atoms with Crippen molar-refractivity contribution >= 4 is 11.9 Å². The molecule has 0 aromatic heterocycles. The van der Waals surface area contributed by atoms with Crippen molar-refractivity contribution in [2.45, 2.75) is 50.8 Å². The molecule has 2 aliphatic heterocycles. The number of benzene rings is 2. The van der Waals surface area contributed by atoms with Crippen LogP contribution in [0.3, 0.4) is 0 Å². The lowest BCUT2D eigenvalue weighted by Crippen LogP contribution is -2.40. The van der Waals surface area contributed by atoms with E-state index in [2.05, 4.69) is 10.2 Å². The molecule has 0 radical (unpaired) electrons. The molecule has 2 N–H and O–H groups in total. The van der Waals surface area contributed by atoms with Gasteiger partial charge in [-0.1, -0.05) is 24.3 Å². The Hall–Kier alpha value is -3.17. The zero-order chi connectivity index (χ0) is 25.8. The van der Waals surface area contributed by atoms with E-state index in [4.69, 9.17) is 9.47 Å². The highest BCUT2D eigenvalue weighted by Gasteiger charge is 2.43. The first-order chi connectivity index (χ1) is 17.2. The third-order valence-electron chi connectivity index (χ3n) is 6.70. The molecule has 8 nitrogen and oxygen atoms in total. The fourth-order valence-electron chi connectivity index (χ4n) is 4.54. The van der Waals surface area contributed by atoms with Crippen molar-refractivity contribution in [3.05, 3.63) is 59.9 Å². The Kier molecular flexibility index (Phi) is 7.80. The van der Waals surface area contributed by atoms with Crippen LogP contribution in [0.2, 0.25) is 0 Å². The molecular weight excluding hydrogens is 465 g/mol. The van der Waals surface area contributed by atoms with Crippen LogP contribution >= 0.6 is 0 Å². The van der Waals surface area contributed by atoms with Crippen LogP contribution in [-0.4, -0.2) is 70.8 Å². The van der Waals surface area contributed by atoms with Crippen molar-refractivity contribution in [2.24, 2.45) is 0 Å². The number of para-hydroxylation sites is 1. The van der Waals surface area contributed by atoms with E-state index in [0.717, 1.165) is 25.1 Å². The van der Waals surface area contributed by atoms with E-state index in [0.29, 0.717) is 25.1 Å². The second kappa shape index (κ2) is 10.8. The first-order valence-corrected chi connectivity index (χ1v) is 12.3. The van der Waals surface area contributed by atoms with Crippen LogP contribution in [0.1, 0.15) is 38.7 Å². The van der Waals surface area contributed by atoms with Crippen LogP contribution in [0.4, 0.5) is 9.18 Å². The van der Waals surface area contributed by atoms with Crippen LogP contribution in [0.15, 0.2) is 48.5 Å². The summed E-state index contributed by atoms with van der Waals surface area (Å²) in [4.78, 5) is 27.7. The highest BCUT2D eigenvalue weighted by Crippen LogP contribution is 2.26. The van der Waals surface area contributed by atoms with Crippen molar-refractivity contribution in [3.8, 4) is 11.5 Å². The van der Waals surface area contributed by atoms with Crippen LogP contribution in [0.5, 0.6) is 11.5 Å². The lowest BCUT2D eigenvalue weighted by Gasteiger charge is -2.27. The maximum absolute atomic E-state index is 13.8. The minimum atomic E-state index is -0.989. The number of halogens is 1. The van der Waals surface area contributed by atoms with Gasteiger partial charge in [-0.2, -0.15) is 0 Å². The van der Waals surface area contributed by atoms with Crippen LogP contribution in [0.25, 0.3) is 0 Å². The van der Waals surface area contributed by atoms with Crippen LogP contribution in [0, 0.1) is 5.82 Å². The molecule has 194 valence electrons. The Bertz CT molecular complexity index is 1080. The van der Waals surface area contributed by atoms with Gasteiger partial charge in [0.1, 0.15) is 24.5 Å². The van der Waals surface area contributed by atoms with E-state index in [-0.39, 0.29) is 31.4 Å². The van der Waals surface area contributed by atoms with E-state index in [9.17, 15) is 19.1 Å². The number of hydrogen-bond donors (Lipinski definition) is 2. The molecule has 0 spiro atoms. The predicted octanol–water partition coefficient (Wildman–Crippen LogP) is 3.33. The van der Waals surface area contributed by atoms with Gasteiger partial charge in [0.05, 0.1) is 12.1 Å². The van der Waals surface area contributed by atoms with Gasteiger partial charge < -0.3 is 19.9 Å². The molecule has 2 heterocycles. The summed E-state index contributed by atoms with van der Waals surface area (Å²) < 4.78 is 25.1. The molecule has 1 atom stereocenters. The van der Waals surface area contributed by atoms with E-state index in [1.54, 1.807) is 32.0 Å². The van der Waals surface area contributed by atoms with E-state index >= 15 is 0 Å². The summed E-state index contributed by atoms with van der Waals surface area (Å²) in [6.45, 7) is 6.12. The summed E-state index contributed by atoms with van der Waals surface area (Å²) >= 11 is 0. The van der Waals surface area contributed by atoms with Crippen molar-refractivity contribution in [1.29, 1.82) is 0 Å². The molecular formula is C27H34FN3O5. The first-order valence-electron chi connectivity index (χ1n) is 12.3. The summed E-state index contributed by atoms with van der Waals surface area (Å²) in [5.41, 5.74) is -0.752. The van der Waals surface area contributed by atoms with Crippen molar-refractivity contribution in [2.75, 3.05) is 32.8 Å². The number of urea groups is 1. The average Bonchev–Trinajstić information content (AvgIpc) is 2.95. The number of amides is 3. The van der Waals surface area contributed by atoms with Gasteiger partial charge in [-0.05, 0) is 69.5 Å². The van der Waals surface area contributed by atoms with Crippen LogP contribution in [-0.2, 0) is 11.3 Å². The largest absolute Gasteiger partial charge is 0.492 e. The van der Waals surface area contributed by atoms with Crippen LogP contribution < -0.4 is 14.8 Å². The number of carbonyl (C=O) groups excluding carboxylic acids is 2. The summed E-state index contributed by atoms with van der Waals surface area (Å²) in [5, 5.41) is 13.7.